The van der Waals surface area contributed by atoms with Gasteiger partial charge in [-0.3, -0.25) is 9.59 Å². The molecule has 0 fully saturated rings. The van der Waals surface area contributed by atoms with Gasteiger partial charge in [-0.1, -0.05) is 12.1 Å². The molecule has 4 rings (SSSR count). The smallest absolute Gasteiger partial charge is 0.290 e. The van der Waals surface area contributed by atoms with Crippen LogP contribution in [0.5, 0.6) is 5.75 Å². The van der Waals surface area contributed by atoms with E-state index in [1.807, 2.05) is 19.0 Å². The van der Waals surface area contributed by atoms with Gasteiger partial charge in [-0.25, -0.2) is 4.39 Å². The minimum absolute atomic E-state index is 0.0210. The maximum atomic E-state index is 13.7. The maximum Gasteiger partial charge on any atom is 0.290 e. The minimum atomic E-state index is -0.698. The van der Waals surface area contributed by atoms with E-state index in [2.05, 4.69) is 0 Å². The zero-order chi connectivity index (χ0) is 20.7. The van der Waals surface area contributed by atoms with Crippen LogP contribution < -0.4 is 5.43 Å². The fourth-order valence-corrected chi connectivity index (χ4v) is 3.82. The molecule has 6 nitrogen and oxygen atoms in total. The van der Waals surface area contributed by atoms with Gasteiger partial charge in [0.1, 0.15) is 17.1 Å². The van der Waals surface area contributed by atoms with Gasteiger partial charge in [0.05, 0.1) is 17.0 Å². The Balaban J connectivity index is 1.89. The third-order valence-electron chi connectivity index (χ3n) is 5.12. The SMILES string of the molecule is CN(C)CCCN1C(=O)c2oc3ccc(F)cc3c(=O)c2[C@H]1c1cccc(O)c1. The average Bonchev–Trinajstić information content (AvgIpc) is 2.95. The van der Waals surface area contributed by atoms with Crippen molar-refractivity contribution >= 4 is 16.9 Å². The topological polar surface area (TPSA) is 74.0 Å². The summed E-state index contributed by atoms with van der Waals surface area (Å²) in [7, 11) is 3.89. The molecule has 1 aliphatic heterocycles. The highest BCUT2D eigenvalue weighted by Gasteiger charge is 2.42. The van der Waals surface area contributed by atoms with Gasteiger partial charge >= 0.3 is 0 Å². The number of amides is 1. The molecular weight excluding hydrogens is 375 g/mol. The molecule has 0 aliphatic carbocycles. The summed E-state index contributed by atoms with van der Waals surface area (Å²) in [6, 6.07) is 9.44. The van der Waals surface area contributed by atoms with Crippen molar-refractivity contribution in [1.82, 2.24) is 9.80 Å². The van der Waals surface area contributed by atoms with Gasteiger partial charge in [0, 0.05) is 6.54 Å². The van der Waals surface area contributed by atoms with Crippen molar-refractivity contribution in [2.75, 3.05) is 27.2 Å². The van der Waals surface area contributed by atoms with Crippen LogP contribution in [0.2, 0.25) is 0 Å². The number of nitrogens with zero attached hydrogens (tertiary/aromatic N) is 2. The van der Waals surface area contributed by atoms with E-state index in [4.69, 9.17) is 4.42 Å². The highest BCUT2D eigenvalue weighted by atomic mass is 19.1. The number of rotatable bonds is 5. The Morgan fingerprint density at radius 3 is 2.69 bits per heavy atom. The second-order valence-corrected chi connectivity index (χ2v) is 7.47. The van der Waals surface area contributed by atoms with Crippen LogP contribution in [0.15, 0.2) is 51.7 Å². The molecule has 1 atom stereocenters. The summed E-state index contributed by atoms with van der Waals surface area (Å²) in [5.41, 5.74) is 0.527. The van der Waals surface area contributed by atoms with E-state index < -0.39 is 17.3 Å². The molecule has 1 aromatic heterocycles. The summed E-state index contributed by atoms with van der Waals surface area (Å²) in [6.07, 6.45) is 0.699. The van der Waals surface area contributed by atoms with Crippen LogP contribution in [-0.2, 0) is 0 Å². The number of carbonyl (C=O) groups is 1. The first-order chi connectivity index (χ1) is 13.9. The summed E-state index contributed by atoms with van der Waals surface area (Å²) in [5, 5.41) is 10.0. The molecule has 29 heavy (non-hydrogen) atoms. The van der Waals surface area contributed by atoms with Gasteiger partial charge in [0.15, 0.2) is 5.43 Å². The second kappa shape index (κ2) is 7.33. The van der Waals surface area contributed by atoms with Gasteiger partial charge in [0.25, 0.3) is 5.91 Å². The Labute approximate surface area is 166 Å². The zero-order valence-corrected chi connectivity index (χ0v) is 16.2. The van der Waals surface area contributed by atoms with Crippen molar-refractivity contribution in [1.29, 1.82) is 0 Å². The van der Waals surface area contributed by atoms with Crippen LogP contribution in [0.4, 0.5) is 4.39 Å². The molecule has 0 unspecified atom stereocenters. The van der Waals surface area contributed by atoms with Crippen molar-refractivity contribution in [2.45, 2.75) is 12.5 Å². The normalized spacial score (nSPS) is 16.1. The molecule has 2 heterocycles. The Hall–Kier alpha value is -3.19. The van der Waals surface area contributed by atoms with Gasteiger partial charge in [-0.15, -0.1) is 0 Å². The molecule has 1 amide bonds. The van der Waals surface area contributed by atoms with E-state index in [1.165, 1.54) is 24.3 Å². The lowest BCUT2D eigenvalue weighted by Crippen LogP contribution is -2.32. The van der Waals surface area contributed by atoms with Gasteiger partial charge in [-0.2, -0.15) is 0 Å². The van der Waals surface area contributed by atoms with Crippen molar-refractivity contribution in [3.8, 4) is 5.75 Å². The fourth-order valence-electron chi connectivity index (χ4n) is 3.82. The molecule has 1 N–H and O–H groups in total. The van der Waals surface area contributed by atoms with Crippen molar-refractivity contribution in [2.24, 2.45) is 0 Å². The first-order valence-corrected chi connectivity index (χ1v) is 9.37. The number of hydrogen-bond acceptors (Lipinski definition) is 5. The Morgan fingerprint density at radius 2 is 1.97 bits per heavy atom. The number of fused-ring (bicyclic) bond motifs is 2. The first-order valence-electron chi connectivity index (χ1n) is 9.37. The molecule has 0 saturated carbocycles. The lowest BCUT2D eigenvalue weighted by atomic mass is 9.98. The lowest BCUT2D eigenvalue weighted by molar-refractivity contribution is 0.0722. The molecule has 7 heteroatoms. The van der Waals surface area contributed by atoms with Crippen LogP contribution in [0.1, 0.15) is 34.1 Å². The number of carbonyl (C=O) groups excluding carboxylic acids is 1. The molecule has 150 valence electrons. The van der Waals surface area contributed by atoms with E-state index in [9.17, 15) is 19.1 Å². The molecule has 1 aliphatic rings. The third-order valence-corrected chi connectivity index (χ3v) is 5.12. The summed E-state index contributed by atoms with van der Waals surface area (Å²) in [5.74, 6) is -0.915. The summed E-state index contributed by atoms with van der Waals surface area (Å²) >= 11 is 0. The Morgan fingerprint density at radius 1 is 1.17 bits per heavy atom. The maximum absolute atomic E-state index is 13.7. The minimum Gasteiger partial charge on any atom is -0.508 e. The fraction of sp³-hybridized carbons (Fsp3) is 0.273. The number of aromatic hydroxyl groups is 1. The summed E-state index contributed by atoms with van der Waals surface area (Å²) in [6.45, 7) is 1.17. The van der Waals surface area contributed by atoms with Gasteiger partial charge < -0.3 is 19.3 Å². The lowest BCUT2D eigenvalue weighted by Gasteiger charge is -2.25. The molecule has 0 bridgehead atoms. The highest BCUT2D eigenvalue weighted by molar-refractivity contribution is 5.99. The van der Waals surface area contributed by atoms with Crippen LogP contribution in [0.25, 0.3) is 11.0 Å². The zero-order valence-electron chi connectivity index (χ0n) is 16.2. The number of hydrogen-bond donors (Lipinski definition) is 1. The van der Waals surface area contributed by atoms with Crippen LogP contribution in [0, 0.1) is 5.82 Å². The quantitative estimate of drug-likeness (QED) is 0.717. The predicted molar refractivity (Wildman–Crippen MR) is 107 cm³/mol. The molecule has 0 spiro atoms. The van der Waals surface area contributed by atoms with Crippen LogP contribution >= 0.6 is 0 Å². The van der Waals surface area contributed by atoms with E-state index in [1.54, 1.807) is 17.0 Å². The van der Waals surface area contributed by atoms with Crippen LogP contribution in [0.3, 0.4) is 0 Å². The molecule has 0 saturated heterocycles. The Kier molecular flexibility index (Phi) is 4.84. The number of phenols is 1. The van der Waals surface area contributed by atoms with E-state index >= 15 is 0 Å². The molecule has 3 aromatic rings. The van der Waals surface area contributed by atoms with Crippen molar-refractivity contribution in [3.05, 3.63) is 75.4 Å². The molecule has 2 aromatic carbocycles. The standard InChI is InChI=1S/C22H21FN2O4/c1-24(2)9-4-10-25-19(13-5-3-6-15(26)11-13)18-20(27)16-12-14(23)7-8-17(16)29-21(18)22(25)28/h3,5-8,11-12,19,26H,4,9-10H2,1-2H3/t19-/m1/s1. The van der Waals surface area contributed by atoms with Gasteiger partial charge in [-0.05, 0) is 63.0 Å². The summed E-state index contributed by atoms with van der Waals surface area (Å²) in [4.78, 5) is 30.0. The first kappa shape index (κ1) is 19.1. The summed E-state index contributed by atoms with van der Waals surface area (Å²) < 4.78 is 19.5. The van der Waals surface area contributed by atoms with E-state index in [-0.39, 0.29) is 33.9 Å². The third kappa shape index (κ3) is 3.38. The number of benzene rings is 2. The highest BCUT2D eigenvalue weighted by Crippen LogP contribution is 2.39. The number of halogens is 1. The number of phenolic OH excluding ortho intramolecular Hbond substituents is 1. The van der Waals surface area contributed by atoms with E-state index in [0.29, 0.717) is 18.5 Å². The van der Waals surface area contributed by atoms with Crippen molar-refractivity contribution in [3.63, 3.8) is 0 Å². The molecular formula is C22H21FN2O4. The monoisotopic (exact) mass is 396 g/mol. The van der Waals surface area contributed by atoms with Crippen LogP contribution in [-0.4, -0.2) is 48.0 Å². The Bertz CT molecular complexity index is 1160. The van der Waals surface area contributed by atoms with Gasteiger partial charge in [0.2, 0.25) is 5.76 Å². The van der Waals surface area contributed by atoms with Crippen molar-refractivity contribution < 1.29 is 18.7 Å². The average molecular weight is 396 g/mol. The van der Waals surface area contributed by atoms with E-state index in [0.717, 1.165) is 12.6 Å². The predicted octanol–water partition coefficient (Wildman–Crippen LogP) is 3.13. The largest absolute Gasteiger partial charge is 0.508 e. The molecule has 0 radical (unpaired) electrons. The second-order valence-electron chi connectivity index (χ2n) is 7.47.